The Kier molecular flexibility index (Phi) is 69.4. The van der Waals surface area contributed by atoms with E-state index < -0.39 is 6.10 Å². The van der Waals surface area contributed by atoms with Crippen LogP contribution >= 0.6 is 0 Å². The lowest BCUT2D eigenvalue weighted by atomic mass is 10.0. The first kappa shape index (κ1) is 79.8. The van der Waals surface area contributed by atoms with Gasteiger partial charge < -0.3 is 14.6 Å². The molecule has 0 fully saturated rings. The van der Waals surface area contributed by atoms with E-state index in [2.05, 4.69) is 160 Å². The molecule has 0 aromatic heterocycles. The molecule has 5 nitrogen and oxygen atoms in total. The number of carbonyl (C=O) groups excluding carboxylic acids is 2. The largest absolute Gasteiger partial charge is 0.462 e. The summed E-state index contributed by atoms with van der Waals surface area (Å²) in [4.78, 5) is 24.6. The van der Waals surface area contributed by atoms with Crippen LogP contribution in [0.25, 0.3) is 0 Å². The van der Waals surface area contributed by atoms with E-state index in [0.717, 1.165) is 128 Å². The molecular weight excluding hydrogens is 1030 g/mol. The van der Waals surface area contributed by atoms with Crippen molar-refractivity contribution in [3.8, 4) is 0 Å². The fourth-order valence-corrected chi connectivity index (χ4v) is 9.92. The van der Waals surface area contributed by atoms with E-state index in [-0.39, 0.29) is 25.2 Å². The summed E-state index contributed by atoms with van der Waals surface area (Å²) in [5.41, 5.74) is 0. The van der Waals surface area contributed by atoms with Gasteiger partial charge in [-0.25, -0.2) is 0 Å². The lowest BCUT2D eigenvalue weighted by Crippen LogP contribution is -2.28. The molecular formula is C79H132O5. The van der Waals surface area contributed by atoms with E-state index in [1.165, 1.54) is 167 Å². The van der Waals surface area contributed by atoms with E-state index in [0.29, 0.717) is 12.8 Å². The zero-order valence-corrected chi connectivity index (χ0v) is 54.9. The van der Waals surface area contributed by atoms with E-state index in [9.17, 15) is 14.7 Å². The zero-order chi connectivity index (χ0) is 60.5. The number of rotatable bonds is 64. The number of carbonyl (C=O) groups is 2. The third kappa shape index (κ3) is 70.3. The minimum absolute atomic E-state index is 0.0812. The van der Waals surface area contributed by atoms with Crippen LogP contribution in [-0.2, 0) is 19.1 Å². The van der Waals surface area contributed by atoms with E-state index in [1.54, 1.807) is 0 Å². The van der Waals surface area contributed by atoms with Crippen molar-refractivity contribution >= 4 is 11.9 Å². The van der Waals surface area contributed by atoms with Crippen LogP contribution in [-0.4, -0.2) is 36.4 Å². The smallest absolute Gasteiger partial charge is 0.306 e. The molecule has 0 spiro atoms. The van der Waals surface area contributed by atoms with Gasteiger partial charge in [-0.05, 0) is 116 Å². The Morgan fingerprint density at radius 1 is 0.274 bits per heavy atom. The molecule has 1 unspecified atom stereocenters. The number of unbranched alkanes of at least 4 members (excludes halogenated alkanes) is 32. The number of aliphatic hydroxyl groups excluding tert-OH is 1. The van der Waals surface area contributed by atoms with Crippen LogP contribution < -0.4 is 0 Å². The quantitative estimate of drug-likeness (QED) is 0.0373. The van der Waals surface area contributed by atoms with E-state index >= 15 is 0 Å². The highest BCUT2D eigenvalue weighted by Gasteiger charge is 2.16. The summed E-state index contributed by atoms with van der Waals surface area (Å²) < 4.78 is 10.7. The second kappa shape index (κ2) is 73.0. The molecule has 0 radical (unpaired) electrons. The number of ether oxygens (including phenoxy) is 2. The van der Waals surface area contributed by atoms with Gasteiger partial charge in [0, 0.05) is 12.8 Å². The summed E-state index contributed by atoms with van der Waals surface area (Å²) >= 11 is 0. The number of esters is 2. The van der Waals surface area contributed by atoms with Crippen molar-refractivity contribution in [3.05, 3.63) is 146 Å². The van der Waals surface area contributed by atoms with E-state index in [1.807, 2.05) is 0 Å². The summed E-state index contributed by atoms with van der Waals surface area (Å²) in [5.74, 6) is -0.616. The van der Waals surface area contributed by atoms with Crippen molar-refractivity contribution in [1.29, 1.82) is 0 Å². The second-order valence-electron chi connectivity index (χ2n) is 23.2. The molecule has 84 heavy (non-hydrogen) atoms. The van der Waals surface area contributed by atoms with Crippen LogP contribution in [0.2, 0.25) is 0 Å². The van der Waals surface area contributed by atoms with Crippen molar-refractivity contribution in [2.24, 2.45) is 0 Å². The Morgan fingerprint density at radius 2 is 0.476 bits per heavy atom. The first-order chi connectivity index (χ1) is 41.6. The maximum atomic E-state index is 12.3. The minimum Gasteiger partial charge on any atom is -0.462 e. The van der Waals surface area contributed by atoms with Gasteiger partial charge in [-0.15, -0.1) is 0 Å². The van der Waals surface area contributed by atoms with Crippen molar-refractivity contribution < 1.29 is 24.2 Å². The van der Waals surface area contributed by atoms with Gasteiger partial charge in [0.1, 0.15) is 6.61 Å². The topological polar surface area (TPSA) is 72.8 Å². The lowest BCUT2D eigenvalue weighted by molar-refractivity contribution is -0.161. The average molecular weight is 1160 g/mol. The Labute approximate surface area is 520 Å². The molecule has 0 rings (SSSR count). The number of allylic oxidation sites excluding steroid dienone is 24. The Bertz CT molecular complexity index is 1750. The molecule has 0 amide bonds. The maximum absolute atomic E-state index is 12.3. The molecule has 0 aromatic carbocycles. The van der Waals surface area contributed by atoms with Crippen LogP contribution in [0.3, 0.4) is 0 Å². The van der Waals surface area contributed by atoms with Gasteiger partial charge in [0.05, 0.1) is 6.61 Å². The van der Waals surface area contributed by atoms with Crippen molar-refractivity contribution in [2.45, 2.75) is 328 Å². The standard InChI is InChI=1S/C79H132O5/c1-3-5-7-9-11-13-15-17-19-21-23-25-27-29-31-33-34-35-36-37-38-39-40-41-42-43-44-46-47-49-51-53-55-57-59-61-63-65-67-69-71-73-78(81)83-76-77(75-80)84-79(82)74-72-70-68-66-64-62-60-58-56-54-52-50-48-45-32-30-28-26-24-22-20-18-16-14-12-10-8-6-4-2/h5-8,11-14,17-20,23-26,30,32,48,50,54,56,60,62,77,80H,3-4,9-10,15-16,21-22,27-29,31,33-47,49,51-53,55,57-59,61,63-76H2,1-2H3/b7-5-,8-6-,13-11-,14-12-,19-17-,20-18-,25-23-,26-24-,32-30-,50-48-,56-54-,62-60-. The van der Waals surface area contributed by atoms with Crippen LogP contribution in [0.4, 0.5) is 0 Å². The van der Waals surface area contributed by atoms with Crippen LogP contribution in [0, 0.1) is 0 Å². The summed E-state index contributed by atoms with van der Waals surface area (Å²) in [6, 6.07) is 0. The molecule has 478 valence electrons. The van der Waals surface area contributed by atoms with Crippen LogP contribution in [0.5, 0.6) is 0 Å². The molecule has 1 N–H and O–H groups in total. The molecule has 1 atom stereocenters. The molecule has 5 heteroatoms. The monoisotopic (exact) mass is 1160 g/mol. The SMILES string of the molecule is CC/C=C\C/C=C\C/C=C\C/C=C\C/C=C\C/C=C\C/C=C\C/C=C\CCCCCCC(=O)OC(CO)COC(=O)CCCCCCCCCCCCCCCCCCCCCCCCCCCCCC/C=C\C/C=C\C/C=C\C/C=C\CC. The molecule has 0 saturated heterocycles. The molecule has 0 aromatic rings. The van der Waals surface area contributed by atoms with Gasteiger partial charge in [-0.2, -0.15) is 0 Å². The van der Waals surface area contributed by atoms with Crippen molar-refractivity contribution in [3.63, 3.8) is 0 Å². The van der Waals surface area contributed by atoms with Gasteiger partial charge in [-0.3, -0.25) is 9.59 Å². The summed E-state index contributed by atoms with van der Waals surface area (Å²) in [5, 5.41) is 9.70. The summed E-state index contributed by atoms with van der Waals surface area (Å²) in [6.07, 6.45) is 110. The Hall–Kier alpha value is -4.22. The number of hydrogen-bond donors (Lipinski definition) is 1. The van der Waals surface area contributed by atoms with Crippen LogP contribution in [0.15, 0.2) is 146 Å². The van der Waals surface area contributed by atoms with Gasteiger partial charge in [0.2, 0.25) is 0 Å². The maximum Gasteiger partial charge on any atom is 0.306 e. The molecule has 0 bridgehead atoms. The predicted octanol–water partition coefficient (Wildman–Crippen LogP) is 24.9. The first-order valence-electron chi connectivity index (χ1n) is 35.4. The lowest BCUT2D eigenvalue weighted by Gasteiger charge is -2.15. The summed E-state index contributed by atoms with van der Waals surface area (Å²) in [7, 11) is 0. The number of aliphatic hydroxyl groups is 1. The van der Waals surface area contributed by atoms with Gasteiger partial charge in [-0.1, -0.05) is 339 Å². The fraction of sp³-hybridized carbons (Fsp3) is 0.671. The van der Waals surface area contributed by atoms with Gasteiger partial charge in [0.15, 0.2) is 6.10 Å². The predicted molar refractivity (Wildman–Crippen MR) is 371 cm³/mol. The van der Waals surface area contributed by atoms with Crippen molar-refractivity contribution in [1.82, 2.24) is 0 Å². The highest BCUT2D eigenvalue weighted by molar-refractivity contribution is 5.70. The highest BCUT2D eigenvalue weighted by Crippen LogP contribution is 2.18. The van der Waals surface area contributed by atoms with Gasteiger partial charge in [0.25, 0.3) is 0 Å². The molecule has 0 aliphatic heterocycles. The number of hydrogen-bond acceptors (Lipinski definition) is 5. The average Bonchev–Trinajstić information content (AvgIpc) is 3.51. The zero-order valence-electron chi connectivity index (χ0n) is 54.9. The van der Waals surface area contributed by atoms with Crippen molar-refractivity contribution in [2.75, 3.05) is 13.2 Å². The Balaban J connectivity index is 3.48. The summed E-state index contributed by atoms with van der Waals surface area (Å²) in [6.45, 7) is 3.91. The second-order valence-corrected chi connectivity index (χ2v) is 23.2. The molecule has 0 aliphatic rings. The third-order valence-corrected chi connectivity index (χ3v) is 15.1. The molecule has 0 saturated carbocycles. The molecule has 0 aliphatic carbocycles. The fourth-order valence-electron chi connectivity index (χ4n) is 9.92. The minimum atomic E-state index is -0.795. The highest BCUT2D eigenvalue weighted by atomic mass is 16.6. The Morgan fingerprint density at radius 3 is 0.714 bits per heavy atom. The van der Waals surface area contributed by atoms with Crippen LogP contribution in [0.1, 0.15) is 322 Å². The molecule has 0 heterocycles. The normalized spacial score (nSPS) is 13.1. The van der Waals surface area contributed by atoms with Gasteiger partial charge >= 0.3 is 11.9 Å². The first-order valence-corrected chi connectivity index (χ1v) is 35.4. The van der Waals surface area contributed by atoms with E-state index in [4.69, 9.17) is 9.47 Å². The third-order valence-electron chi connectivity index (χ3n) is 15.1.